The molecule has 0 spiro atoms. The van der Waals surface area contributed by atoms with Crippen molar-refractivity contribution in [2.75, 3.05) is 6.61 Å². The Balaban J connectivity index is 2.20. The molecule has 4 atom stereocenters. The van der Waals surface area contributed by atoms with Crippen LogP contribution in [0.2, 0.25) is 0 Å². The number of rotatable bonds is 3. The topological polar surface area (TPSA) is 80.9 Å². The van der Waals surface area contributed by atoms with E-state index in [4.69, 9.17) is 5.11 Å². The van der Waals surface area contributed by atoms with Crippen LogP contribution >= 0.6 is 11.8 Å². The smallest absolute Gasteiger partial charge is 0.113 e. The monoisotopic (exact) mass is 268 g/mol. The number of thioether (sulfide) groups is 1. The van der Waals surface area contributed by atoms with Gasteiger partial charge in [0.05, 0.1) is 12.7 Å². The highest BCUT2D eigenvalue weighted by Gasteiger charge is 2.37. The third-order valence-electron chi connectivity index (χ3n) is 2.97. The summed E-state index contributed by atoms with van der Waals surface area (Å²) < 4.78 is 0. The Hall–Kier alpha value is -0.850. The van der Waals surface area contributed by atoms with Gasteiger partial charge in [-0.05, 0) is 12.1 Å². The normalized spacial score (nSPS) is 32.1. The van der Waals surface area contributed by atoms with E-state index in [0.29, 0.717) is 4.91 Å². The van der Waals surface area contributed by atoms with Crippen molar-refractivity contribution in [2.24, 2.45) is 5.92 Å². The zero-order valence-corrected chi connectivity index (χ0v) is 10.5. The van der Waals surface area contributed by atoms with Gasteiger partial charge < -0.3 is 20.4 Å². The molecule has 0 aromatic heterocycles. The van der Waals surface area contributed by atoms with Gasteiger partial charge in [0.1, 0.15) is 12.2 Å². The molecular weight excluding hydrogens is 252 g/mol. The van der Waals surface area contributed by atoms with Crippen LogP contribution in [-0.2, 0) is 0 Å². The second-order valence-corrected chi connectivity index (χ2v) is 5.40. The van der Waals surface area contributed by atoms with Crippen molar-refractivity contribution in [3.05, 3.63) is 41.3 Å². The molecule has 0 heterocycles. The Morgan fingerprint density at radius 1 is 1.00 bits per heavy atom. The lowest BCUT2D eigenvalue weighted by Gasteiger charge is -2.33. The summed E-state index contributed by atoms with van der Waals surface area (Å²) in [5.74, 6) is -0.547. The van der Waals surface area contributed by atoms with Crippen molar-refractivity contribution in [3.8, 4) is 0 Å². The molecule has 0 saturated heterocycles. The van der Waals surface area contributed by atoms with Gasteiger partial charge in [-0.1, -0.05) is 36.0 Å². The Kier molecular flexibility index (Phi) is 4.42. The zero-order valence-electron chi connectivity index (χ0n) is 9.68. The van der Waals surface area contributed by atoms with Crippen LogP contribution in [0.25, 0.3) is 0 Å². The van der Waals surface area contributed by atoms with E-state index in [1.165, 1.54) is 11.8 Å². The first kappa shape index (κ1) is 13.6. The molecule has 5 heteroatoms. The molecular formula is C13H16O4S. The van der Waals surface area contributed by atoms with E-state index >= 15 is 0 Å². The lowest BCUT2D eigenvalue weighted by Crippen LogP contribution is -2.46. The van der Waals surface area contributed by atoms with E-state index in [1.807, 2.05) is 30.3 Å². The van der Waals surface area contributed by atoms with E-state index in [9.17, 15) is 15.3 Å². The van der Waals surface area contributed by atoms with Gasteiger partial charge in [-0.2, -0.15) is 0 Å². The number of hydrogen-bond donors (Lipinski definition) is 4. The van der Waals surface area contributed by atoms with Gasteiger partial charge in [-0.3, -0.25) is 0 Å². The van der Waals surface area contributed by atoms with Crippen LogP contribution < -0.4 is 0 Å². The third kappa shape index (κ3) is 2.76. The van der Waals surface area contributed by atoms with Crippen LogP contribution in [0.1, 0.15) is 0 Å². The minimum absolute atomic E-state index is 0.260. The summed E-state index contributed by atoms with van der Waals surface area (Å²) in [4.78, 5) is 1.49. The van der Waals surface area contributed by atoms with E-state index < -0.39 is 24.2 Å². The molecule has 0 bridgehead atoms. The second-order valence-electron chi connectivity index (χ2n) is 4.26. The fraction of sp³-hybridized carbons (Fsp3) is 0.385. The van der Waals surface area contributed by atoms with Crippen LogP contribution in [-0.4, -0.2) is 45.3 Å². The van der Waals surface area contributed by atoms with E-state index in [0.717, 1.165) is 4.90 Å². The standard InChI is InChI=1S/C13H16O4S/c14-7-8-6-10(12(16)13(17)11(8)15)18-9-4-2-1-3-5-9/h1-6,8,11-17H,7H2/t8-,11-,12+,13+/m0/s1. The van der Waals surface area contributed by atoms with Gasteiger partial charge in [0.15, 0.2) is 0 Å². The summed E-state index contributed by atoms with van der Waals surface area (Å²) in [5, 5.41) is 38.4. The summed E-state index contributed by atoms with van der Waals surface area (Å²) in [6.07, 6.45) is -1.89. The molecule has 0 fully saturated rings. The molecule has 18 heavy (non-hydrogen) atoms. The Morgan fingerprint density at radius 3 is 2.28 bits per heavy atom. The summed E-state index contributed by atoms with van der Waals surface area (Å²) in [7, 11) is 0. The van der Waals surface area contributed by atoms with Crippen LogP contribution in [0.3, 0.4) is 0 Å². The molecule has 1 aromatic carbocycles. The Morgan fingerprint density at radius 2 is 1.67 bits per heavy atom. The minimum atomic E-state index is -1.27. The van der Waals surface area contributed by atoms with Gasteiger partial charge in [0, 0.05) is 15.7 Å². The second kappa shape index (κ2) is 5.86. The highest BCUT2D eigenvalue weighted by Crippen LogP contribution is 2.35. The molecule has 0 radical (unpaired) electrons. The highest BCUT2D eigenvalue weighted by molar-refractivity contribution is 8.03. The summed E-state index contributed by atoms with van der Waals surface area (Å²) in [6, 6.07) is 9.44. The number of aliphatic hydroxyl groups excluding tert-OH is 4. The zero-order chi connectivity index (χ0) is 13.1. The van der Waals surface area contributed by atoms with Crippen molar-refractivity contribution in [2.45, 2.75) is 23.2 Å². The molecule has 4 nitrogen and oxygen atoms in total. The SMILES string of the molecule is OC[C@@H]1C=C(Sc2ccccc2)[C@@H](O)[C@H](O)[C@H]1O. The average molecular weight is 268 g/mol. The molecule has 4 N–H and O–H groups in total. The van der Waals surface area contributed by atoms with Crippen LogP contribution in [0.15, 0.2) is 46.2 Å². The number of hydrogen-bond acceptors (Lipinski definition) is 5. The predicted molar refractivity (Wildman–Crippen MR) is 69.0 cm³/mol. The molecule has 0 unspecified atom stereocenters. The number of benzene rings is 1. The largest absolute Gasteiger partial charge is 0.396 e. The first-order valence-electron chi connectivity index (χ1n) is 5.73. The maximum atomic E-state index is 9.90. The fourth-order valence-corrected chi connectivity index (χ4v) is 2.96. The van der Waals surface area contributed by atoms with E-state index in [-0.39, 0.29) is 6.61 Å². The third-order valence-corrected chi connectivity index (χ3v) is 4.09. The lowest BCUT2D eigenvalue weighted by atomic mass is 9.89. The first-order chi connectivity index (χ1) is 8.63. The maximum absolute atomic E-state index is 9.90. The molecule has 0 saturated carbocycles. The van der Waals surface area contributed by atoms with Crippen molar-refractivity contribution in [3.63, 3.8) is 0 Å². The molecule has 2 rings (SSSR count). The van der Waals surface area contributed by atoms with Crippen LogP contribution in [0.5, 0.6) is 0 Å². The molecule has 1 aliphatic carbocycles. The summed E-state index contributed by atoms with van der Waals surface area (Å²) in [6.45, 7) is -0.260. The first-order valence-corrected chi connectivity index (χ1v) is 6.55. The van der Waals surface area contributed by atoms with Crippen molar-refractivity contribution in [1.29, 1.82) is 0 Å². The van der Waals surface area contributed by atoms with Gasteiger partial charge >= 0.3 is 0 Å². The fourth-order valence-electron chi connectivity index (χ4n) is 1.90. The Labute approximate surface area is 110 Å². The molecule has 1 aromatic rings. The predicted octanol–water partition coefficient (Wildman–Crippen LogP) is 0.367. The van der Waals surface area contributed by atoms with Crippen LogP contribution in [0.4, 0.5) is 0 Å². The molecule has 98 valence electrons. The van der Waals surface area contributed by atoms with E-state index in [1.54, 1.807) is 6.08 Å². The van der Waals surface area contributed by atoms with Crippen LogP contribution in [0, 0.1) is 5.92 Å². The van der Waals surface area contributed by atoms with Gasteiger partial charge in [0.25, 0.3) is 0 Å². The summed E-state index contributed by atoms with van der Waals surface area (Å²) in [5.41, 5.74) is 0. The minimum Gasteiger partial charge on any atom is -0.396 e. The Bertz CT molecular complexity index is 420. The lowest BCUT2D eigenvalue weighted by molar-refractivity contribution is -0.0742. The van der Waals surface area contributed by atoms with E-state index in [2.05, 4.69) is 0 Å². The molecule has 0 aliphatic heterocycles. The van der Waals surface area contributed by atoms with Gasteiger partial charge in [0.2, 0.25) is 0 Å². The molecule has 0 amide bonds. The number of aliphatic hydroxyl groups is 4. The van der Waals surface area contributed by atoms with Crippen molar-refractivity contribution < 1.29 is 20.4 Å². The average Bonchev–Trinajstić information content (AvgIpc) is 2.40. The highest BCUT2D eigenvalue weighted by atomic mass is 32.2. The molecule has 1 aliphatic rings. The van der Waals surface area contributed by atoms with Crippen molar-refractivity contribution in [1.82, 2.24) is 0 Å². The quantitative estimate of drug-likeness (QED) is 0.637. The maximum Gasteiger partial charge on any atom is 0.113 e. The summed E-state index contributed by atoms with van der Waals surface area (Å²) >= 11 is 1.33. The van der Waals surface area contributed by atoms with Crippen molar-refractivity contribution >= 4 is 11.8 Å². The van der Waals surface area contributed by atoms with Gasteiger partial charge in [-0.15, -0.1) is 0 Å². The van der Waals surface area contributed by atoms with Gasteiger partial charge in [-0.25, -0.2) is 0 Å².